The van der Waals surface area contributed by atoms with Crippen molar-refractivity contribution >= 4 is 22.5 Å². The van der Waals surface area contributed by atoms with Gasteiger partial charge in [-0.1, -0.05) is 17.7 Å². The van der Waals surface area contributed by atoms with E-state index in [0.717, 1.165) is 41.6 Å². The number of hydrogen-bond donors (Lipinski definition) is 2. The zero-order chi connectivity index (χ0) is 14.8. The lowest BCUT2D eigenvalue weighted by atomic mass is 9.86. The largest absolute Gasteiger partial charge is 0.330 e. The summed E-state index contributed by atoms with van der Waals surface area (Å²) in [5.74, 6) is 0. The maximum atomic E-state index is 6.49. The van der Waals surface area contributed by atoms with Crippen LogP contribution < -0.4 is 11.5 Å². The fourth-order valence-electron chi connectivity index (χ4n) is 3.34. The molecule has 2 aromatic rings. The second-order valence-corrected chi connectivity index (χ2v) is 6.29. The summed E-state index contributed by atoms with van der Waals surface area (Å²) in [5, 5.41) is 1.89. The van der Waals surface area contributed by atoms with Crippen molar-refractivity contribution < 1.29 is 0 Å². The van der Waals surface area contributed by atoms with Crippen molar-refractivity contribution in [1.82, 2.24) is 4.98 Å². The number of aromatic nitrogens is 1. The van der Waals surface area contributed by atoms with Gasteiger partial charge in [0.25, 0.3) is 0 Å². The molecule has 1 unspecified atom stereocenters. The van der Waals surface area contributed by atoms with Crippen LogP contribution in [0, 0.1) is 0 Å². The van der Waals surface area contributed by atoms with Gasteiger partial charge in [-0.25, -0.2) is 0 Å². The molecule has 21 heavy (non-hydrogen) atoms. The molecular formula is C17H22ClN3. The molecule has 1 aliphatic carbocycles. The van der Waals surface area contributed by atoms with Crippen LogP contribution in [0.15, 0.2) is 18.2 Å². The minimum atomic E-state index is 0.0343. The summed E-state index contributed by atoms with van der Waals surface area (Å²) in [5.41, 5.74) is 17.0. The Bertz CT molecular complexity index is 654. The molecule has 1 aliphatic rings. The molecule has 1 heterocycles. The first-order valence-electron chi connectivity index (χ1n) is 7.77. The lowest BCUT2D eigenvalue weighted by Gasteiger charge is -2.24. The van der Waals surface area contributed by atoms with Crippen LogP contribution in [0.25, 0.3) is 10.9 Å². The van der Waals surface area contributed by atoms with Gasteiger partial charge in [-0.15, -0.1) is 0 Å². The van der Waals surface area contributed by atoms with Crippen molar-refractivity contribution in [3.05, 3.63) is 40.0 Å². The molecule has 0 aliphatic heterocycles. The summed E-state index contributed by atoms with van der Waals surface area (Å²) in [7, 11) is 0. The van der Waals surface area contributed by atoms with Crippen LogP contribution >= 0.6 is 11.6 Å². The van der Waals surface area contributed by atoms with Gasteiger partial charge < -0.3 is 11.5 Å². The zero-order valence-corrected chi connectivity index (χ0v) is 13.0. The van der Waals surface area contributed by atoms with Crippen LogP contribution in [0.2, 0.25) is 5.02 Å². The number of nitrogens with two attached hydrogens (primary N) is 2. The smallest absolute Gasteiger partial charge is 0.0723 e. The minimum Gasteiger partial charge on any atom is -0.330 e. The van der Waals surface area contributed by atoms with E-state index in [2.05, 4.69) is 6.07 Å². The van der Waals surface area contributed by atoms with E-state index < -0.39 is 0 Å². The first-order chi connectivity index (χ1) is 10.2. The summed E-state index contributed by atoms with van der Waals surface area (Å²) in [4.78, 5) is 4.84. The number of halogens is 1. The molecule has 1 aromatic heterocycles. The maximum Gasteiger partial charge on any atom is 0.0723 e. The fraction of sp³-hybridized carbons (Fsp3) is 0.471. The van der Waals surface area contributed by atoms with E-state index in [-0.39, 0.29) is 6.04 Å². The van der Waals surface area contributed by atoms with Gasteiger partial charge in [-0.2, -0.15) is 0 Å². The molecule has 0 saturated carbocycles. The third kappa shape index (κ3) is 2.91. The van der Waals surface area contributed by atoms with Gasteiger partial charge in [0.15, 0.2) is 0 Å². The molecule has 0 fully saturated rings. The number of pyridine rings is 1. The Balaban J connectivity index is 2.17. The van der Waals surface area contributed by atoms with Crippen molar-refractivity contribution in [1.29, 1.82) is 0 Å². The van der Waals surface area contributed by atoms with Crippen molar-refractivity contribution in [2.45, 2.75) is 44.6 Å². The molecule has 3 rings (SSSR count). The quantitative estimate of drug-likeness (QED) is 0.908. The number of rotatable bonds is 4. The van der Waals surface area contributed by atoms with Crippen molar-refractivity contribution in [3.8, 4) is 0 Å². The normalized spacial score (nSPS) is 16.0. The van der Waals surface area contributed by atoms with Crippen LogP contribution in [-0.4, -0.2) is 11.5 Å². The van der Waals surface area contributed by atoms with Gasteiger partial charge in [-0.05, 0) is 68.3 Å². The standard InChI is InChI=1S/C17H22ClN3/c18-11-7-8-13-16(10-11)21-15-6-2-1-4-12(15)17(13)14(20)5-3-9-19/h7-8,10,14H,1-6,9,19-20H2. The molecule has 4 heteroatoms. The fourth-order valence-corrected chi connectivity index (χ4v) is 3.51. The molecule has 112 valence electrons. The topological polar surface area (TPSA) is 64.9 Å². The highest BCUT2D eigenvalue weighted by Crippen LogP contribution is 2.34. The van der Waals surface area contributed by atoms with Gasteiger partial charge >= 0.3 is 0 Å². The minimum absolute atomic E-state index is 0.0343. The first-order valence-corrected chi connectivity index (χ1v) is 8.15. The number of fused-ring (bicyclic) bond motifs is 2. The van der Waals surface area contributed by atoms with E-state index in [1.165, 1.54) is 29.7 Å². The molecular weight excluding hydrogens is 282 g/mol. The molecule has 0 bridgehead atoms. The Kier molecular flexibility index (Phi) is 4.43. The Morgan fingerprint density at radius 3 is 2.86 bits per heavy atom. The Hall–Kier alpha value is -1.16. The molecule has 1 atom stereocenters. The molecule has 0 amide bonds. The average Bonchev–Trinajstić information content (AvgIpc) is 2.50. The lowest BCUT2D eigenvalue weighted by molar-refractivity contribution is 0.599. The highest BCUT2D eigenvalue weighted by molar-refractivity contribution is 6.31. The van der Waals surface area contributed by atoms with Crippen LogP contribution in [-0.2, 0) is 12.8 Å². The number of aryl methyl sites for hydroxylation is 1. The molecule has 0 spiro atoms. The van der Waals surface area contributed by atoms with Crippen LogP contribution in [0.1, 0.15) is 48.5 Å². The second kappa shape index (κ2) is 6.30. The highest BCUT2D eigenvalue weighted by Gasteiger charge is 2.21. The average molecular weight is 304 g/mol. The van der Waals surface area contributed by atoms with E-state index in [0.29, 0.717) is 6.54 Å². The SMILES string of the molecule is NCCCC(N)c1c2c(nc3cc(Cl)ccc13)CCCC2. The van der Waals surface area contributed by atoms with E-state index in [4.69, 9.17) is 28.1 Å². The van der Waals surface area contributed by atoms with Crippen LogP contribution in [0.3, 0.4) is 0 Å². The van der Waals surface area contributed by atoms with Gasteiger partial charge in [-0.3, -0.25) is 4.98 Å². The second-order valence-electron chi connectivity index (χ2n) is 5.86. The van der Waals surface area contributed by atoms with Gasteiger partial charge in [0, 0.05) is 22.1 Å². The summed E-state index contributed by atoms with van der Waals surface area (Å²) >= 11 is 6.13. The van der Waals surface area contributed by atoms with E-state index >= 15 is 0 Å². The molecule has 0 saturated heterocycles. The van der Waals surface area contributed by atoms with Crippen LogP contribution in [0.5, 0.6) is 0 Å². The number of benzene rings is 1. The van der Waals surface area contributed by atoms with E-state index in [1.807, 2.05) is 12.1 Å². The van der Waals surface area contributed by atoms with Crippen LogP contribution in [0.4, 0.5) is 0 Å². The van der Waals surface area contributed by atoms with Gasteiger partial charge in [0.1, 0.15) is 0 Å². The third-order valence-electron chi connectivity index (χ3n) is 4.36. The molecule has 3 nitrogen and oxygen atoms in total. The number of nitrogens with zero attached hydrogens (tertiary/aromatic N) is 1. The predicted octanol–water partition coefficient (Wildman–Crippen LogP) is 3.51. The molecule has 1 aromatic carbocycles. The lowest BCUT2D eigenvalue weighted by Crippen LogP contribution is -2.18. The maximum absolute atomic E-state index is 6.49. The Morgan fingerprint density at radius 1 is 1.24 bits per heavy atom. The highest BCUT2D eigenvalue weighted by atomic mass is 35.5. The Morgan fingerprint density at radius 2 is 2.05 bits per heavy atom. The predicted molar refractivity (Wildman–Crippen MR) is 88.6 cm³/mol. The summed E-state index contributed by atoms with van der Waals surface area (Å²) in [6.45, 7) is 0.685. The molecule has 4 N–H and O–H groups in total. The number of hydrogen-bond acceptors (Lipinski definition) is 3. The molecule has 0 radical (unpaired) electrons. The monoisotopic (exact) mass is 303 g/mol. The van der Waals surface area contributed by atoms with Crippen molar-refractivity contribution in [2.24, 2.45) is 11.5 Å². The van der Waals surface area contributed by atoms with Gasteiger partial charge in [0.05, 0.1) is 5.52 Å². The Labute approximate surface area is 130 Å². The summed E-state index contributed by atoms with van der Waals surface area (Å²) in [6.07, 6.45) is 6.45. The van der Waals surface area contributed by atoms with E-state index in [1.54, 1.807) is 0 Å². The van der Waals surface area contributed by atoms with Crippen molar-refractivity contribution in [3.63, 3.8) is 0 Å². The van der Waals surface area contributed by atoms with E-state index in [9.17, 15) is 0 Å². The zero-order valence-electron chi connectivity index (χ0n) is 12.2. The third-order valence-corrected chi connectivity index (χ3v) is 4.59. The van der Waals surface area contributed by atoms with Gasteiger partial charge in [0.2, 0.25) is 0 Å². The van der Waals surface area contributed by atoms with Crippen molar-refractivity contribution in [2.75, 3.05) is 6.54 Å². The summed E-state index contributed by atoms with van der Waals surface area (Å²) < 4.78 is 0. The first kappa shape index (κ1) is 14.8. The summed E-state index contributed by atoms with van der Waals surface area (Å²) in [6, 6.07) is 5.98.